The van der Waals surface area contributed by atoms with E-state index in [4.69, 9.17) is 0 Å². The van der Waals surface area contributed by atoms with Gasteiger partial charge in [0.05, 0.1) is 11.4 Å². The molecule has 1 aromatic rings. The van der Waals surface area contributed by atoms with E-state index in [0.29, 0.717) is 6.54 Å². The predicted octanol–water partition coefficient (Wildman–Crippen LogP) is 1.20. The summed E-state index contributed by atoms with van der Waals surface area (Å²) in [5.74, 6) is 0.767. The van der Waals surface area contributed by atoms with Gasteiger partial charge in [0, 0.05) is 12.4 Å². The molecule has 1 atom stereocenters. The number of H-pyrrole nitrogens is 1. The first kappa shape index (κ1) is 10.2. The zero-order chi connectivity index (χ0) is 9.68. The van der Waals surface area contributed by atoms with Crippen molar-refractivity contribution < 1.29 is 4.79 Å². The van der Waals surface area contributed by atoms with Crippen molar-refractivity contribution >= 4 is 21.8 Å². The van der Waals surface area contributed by atoms with Crippen molar-refractivity contribution in [3.8, 4) is 0 Å². The summed E-state index contributed by atoms with van der Waals surface area (Å²) in [6.07, 6.45) is 4.17. The summed E-state index contributed by atoms with van der Waals surface area (Å²) in [5, 5.41) is 2.76. The zero-order valence-electron chi connectivity index (χ0n) is 7.38. The first-order valence-electron chi connectivity index (χ1n) is 4.14. The Hall–Kier alpha value is -0.840. The highest BCUT2D eigenvalue weighted by Gasteiger charge is 2.11. The van der Waals surface area contributed by atoms with Gasteiger partial charge in [-0.3, -0.25) is 4.79 Å². The molecule has 1 aromatic heterocycles. The van der Waals surface area contributed by atoms with Crippen molar-refractivity contribution in [1.29, 1.82) is 0 Å². The first-order valence-corrected chi connectivity index (χ1v) is 5.05. The molecule has 1 unspecified atom stereocenters. The van der Waals surface area contributed by atoms with Crippen LogP contribution in [0.3, 0.4) is 0 Å². The maximum absolute atomic E-state index is 11.3. The third-order valence-electron chi connectivity index (χ3n) is 1.63. The molecule has 1 amide bonds. The Morgan fingerprint density at radius 1 is 1.85 bits per heavy atom. The van der Waals surface area contributed by atoms with Crippen molar-refractivity contribution in [2.45, 2.75) is 24.7 Å². The molecular weight excluding hydrogens is 234 g/mol. The number of nitrogens with zero attached hydrogens (tertiary/aromatic N) is 1. The minimum Gasteiger partial charge on any atom is -0.348 e. The monoisotopic (exact) mass is 245 g/mol. The van der Waals surface area contributed by atoms with Crippen molar-refractivity contribution in [3.63, 3.8) is 0 Å². The maximum Gasteiger partial charge on any atom is 0.234 e. The number of halogens is 1. The smallest absolute Gasteiger partial charge is 0.234 e. The number of aromatic nitrogens is 2. The van der Waals surface area contributed by atoms with Gasteiger partial charge in [0.25, 0.3) is 0 Å². The summed E-state index contributed by atoms with van der Waals surface area (Å²) in [4.78, 5) is 18.1. The van der Waals surface area contributed by atoms with Gasteiger partial charge in [-0.1, -0.05) is 22.9 Å². The summed E-state index contributed by atoms with van der Waals surface area (Å²) in [6, 6.07) is 0. The molecule has 5 heteroatoms. The SMILES string of the molecule is CCC(Br)C(=O)NCc1ncc[nH]1. The molecule has 1 rings (SSSR count). The van der Waals surface area contributed by atoms with E-state index < -0.39 is 0 Å². The number of hydrogen-bond acceptors (Lipinski definition) is 2. The fraction of sp³-hybridized carbons (Fsp3) is 0.500. The number of amides is 1. The summed E-state index contributed by atoms with van der Waals surface area (Å²) in [6.45, 7) is 2.40. The van der Waals surface area contributed by atoms with E-state index in [1.165, 1.54) is 0 Å². The van der Waals surface area contributed by atoms with Crippen LogP contribution in [-0.2, 0) is 11.3 Å². The van der Waals surface area contributed by atoms with Crippen molar-refractivity contribution in [3.05, 3.63) is 18.2 Å². The van der Waals surface area contributed by atoms with Gasteiger partial charge < -0.3 is 10.3 Å². The zero-order valence-corrected chi connectivity index (χ0v) is 8.97. The van der Waals surface area contributed by atoms with Crippen LogP contribution in [0.25, 0.3) is 0 Å². The minimum absolute atomic E-state index is 0.00102. The maximum atomic E-state index is 11.3. The molecule has 0 aliphatic heterocycles. The second-order valence-corrected chi connectivity index (χ2v) is 3.73. The second-order valence-electron chi connectivity index (χ2n) is 2.63. The number of imidazole rings is 1. The predicted molar refractivity (Wildman–Crippen MR) is 53.4 cm³/mol. The third-order valence-corrected chi connectivity index (χ3v) is 2.69. The number of hydrogen-bond donors (Lipinski definition) is 2. The van der Waals surface area contributed by atoms with Crippen LogP contribution in [0.1, 0.15) is 19.2 Å². The Morgan fingerprint density at radius 2 is 2.62 bits per heavy atom. The highest BCUT2D eigenvalue weighted by molar-refractivity contribution is 9.10. The molecule has 0 spiro atoms. The molecule has 0 aliphatic rings. The van der Waals surface area contributed by atoms with E-state index in [-0.39, 0.29) is 10.7 Å². The highest BCUT2D eigenvalue weighted by Crippen LogP contribution is 2.03. The summed E-state index contributed by atoms with van der Waals surface area (Å²) in [5.41, 5.74) is 0. The molecule has 0 aromatic carbocycles. The van der Waals surface area contributed by atoms with E-state index in [2.05, 4.69) is 31.2 Å². The molecular formula is C8H12BrN3O. The second kappa shape index (κ2) is 5.01. The van der Waals surface area contributed by atoms with E-state index in [0.717, 1.165) is 12.2 Å². The third kappa shape index (κ3) is 3.18. The van der Waals surface area contributed by atoms with Crippen molar-refractivity contribution in [2.24, 2.45) is 0 Å². The average Bonchev–Trinajstić information content (AvgIpc) is 2.65. The minimum atomic E-state index is -0.109. The molecule has 4 nitrogen and oxygen atoms in total. The number of aromatic amines is 1. The van der Waals surface area contributed by atoms with Crippen LogP contribution in [0.15, 0.2) is 12.4 Å². The number of nitrogens with one attached hydrogen (secondary N) is 2. The molecule has 13 heavy (non-hydrogen) atoms. The van der Waals surface area contributed by atoms with Gasteiger partial charge in [-0.05, 0) is 6.42 Å². The van der Waals surface area contributed by atoms with Gasteiger partial charge in [0.2, 0.25) is 5.91 Å². The quantitative estimate of drug-likeness (QED) is 0.784. The Bertz CT molecular complexity index is 260. The lowest BCUT2D eigenvalue weighted by molar-refractivity contribution is -0.120. The molecule has 0 saturated heterocycles. The molecule has 0 bridgehead atoms. The van der Waals surface area contributed by atoms with E-state index in [1.54, 1.807) is 12.4 Å². The summed E-state index contributed by atoms with van der Waals surface area (Å²) in [7, 11) is 0. The Morgan fingerprint density at radius 3 is 3.15 bits per heavy atom. The molecule has 2 N–H and O–H groups in total. The molecule has 1 heterocycles. The Kier molecular flexibility index (Phi) is 3.95. The molecule has 0 radical (unpaired) electrons. The van der Waals surface area contributed by atoms with Crippen LogP contribution in [0.4, 0.5) is 0 Å². The highest BCUT2D eigenvalue weighted by atomic mass is 79.9. The van der Waals surface area contributed by atoms with Crippen LogP contribution in [0, 0.1) is 0 Å². The molecule has 0 aliphatic carbocycles. The number of alkyl halides is 1. The first-order chi connectivity index (χ1) is 6.24. The van der Waals surface area contributed by atoms with E-state index in [9.17, 15) is 4.79 Å². The van der Waals surface area contributed by atoms with E-state index >= 15 is 0 Å². The van der Waals surface area contributed by atoms with Crippen molar-refractivity contribution in [2.75, 3.05) is 0 Å². The van der Waals surface area contributed by atoms with Crippen molar-refractivity contribution in [1.82, 2.24) is 15.3 Å². The van der Waals surface area contributed by atoms with Gasteiger partial charge in [0.15, 0.2) is 0 Å². The van der Waals surface area contributed by atoms with E-state index in [1.807, 2.05) is 6.92 Å². The average molecular weight is 246 g/mol. The molecule has 0 saturated carbocycles. The number of rotatable bonds is 4. The summed E-state index contributed by atoms with van der Waals surface area (Å²) >= 11 is 3.26. The lowest BCUT2D eigenvalue weighted by atomic mass is 10.3. The van der Waals surface area contributed by atoms with Crippen LogP contribution < -0.4 is 5.32 Å². The van der Waals surface area contributed by atoms with Crippen LogP contribution in [0.2, 0.25) is 0 Å². The number of carbonyl (C=O) groups is 1. The lowest BCUT2D eigenvalue weighted by Crippen LogP contribution is -2.30. The topological polar surface area (TPSA) is 57.8 Å². The lowest BCUT2D eigenvalue weighted by Gasteiger charge is -2.06. The Labute approximate surface area is 85.3 Å². The standard InChI is InChI=1S/C8H12BrN3O/c1-2-6(9)8(13)12-5-7-10-3-4-11-7/h3-4,6H,2,5H2,1H3,(H,10,11)(H,12,13). The van der Waals surface area contributed by atoms with Gasteiger partial charge in [-0.15, -0.1) is 0 Å². The van der Waals surface area contributed by atoms with Gasteiger partial charge in [0.1, 0.15) is 5.82 Å². The fourth-order valence-corrected chi connectivity index (χ4v) is 1.02. The molecule has 72 valence electrons. The fourth-order valence-electron chi connectivity index (χ4n) is 0.862. The van der Waals surface area contributed by atoms with Crippen LogP contribution in [-0.4, -0.2) is 20.7 Å². The van der Waals surface area contributed by atoms with Gasteiger partial charge in [-0.2, -0.15) is 0 Å². The molecule has 0 fully saturated rings. The largest absolute Gasteiger partial charge is 0.348 e. The van der Waals surface area contributed by atoms with Gasteiger partial charge in [-0.25, -0.2) is 4.98 Å². The summed E-state index contributed by atoms with van der Waals surface area (Å²) < 4.78 is 0. The van der Waals surface area contributed by atoms with Crippen LogP contribution in [0.5, 0.6) is 0 Å². The normalized spacial score (nSPS) is 12.5. The van der Waals surface area contributed by atoms with Crippen LogP contribution >= 0.6 is 15.9 Å². The Balaban J connectivity index is 2.31. The van der Waals surface area contributed by atoms with Gasteiger partial charge >= 0.3 is 0 Å². The number of carbonyl (C=O) groups excluding carboxylic acids is 1.